The lowest BCUT2D eigenvalue weighted by molar-refractivity contribution is 0.0352. The van der Waals surface area contributed by atoms with E-state index >= 15 is 0 Å². The molecule has 0 amide bonds. The second-order valence-electron chi connectivity index (χ2n) is 19.8. The highest BCUT2D eigenvalue weighted by Crippen LogP contribution is 2.41. The lowest BCUT2D eigenvalue weighted by Gasteiger charge is -2.26. The third-order valence-electron chi connectivity index (χ3n) is 12.8. The minimum Gasteiger partial charge on any atom is -0.398 e. The van der Waals surface area contributed by atoms with Crippen LogP contribution in [-0.4, -0.2) is 259 Å². The maximum absolute atomic E-state index is 10.2. The fourth-order valence-electron chi connectivity index (χ4n) is 8.34. The number of ether oxygens (including phenoxy) is 6. The molecule has 2 N–H and O–H groups in total. The summed E-state index contributed by atoms with van der Waals surface area (Å²) in [5.74, 6) is 14.5. The number of thiol groups is 2. The number of hydrogen-bond donors (Lipinski definition) is 4. The number of epoxide rings is 1. The number of hydrogen-bond acceptors (Lipinski definition) is 24. The highest BCUT2D eigenvalue weighted by atomic mass is 32.2. The summed E-state index contributed by atoms with van der Waals surface area (Å²) < 4.78 is 79.9. The van der Waals surface area contributed by atoms with E-state index in [4.69, 9.17) is 63.8 Å². The Morgan fingerprint density at radius 1 is 0.487 bits per heavy atom. The van der Waals surface area contributed by atoms with Crippen LogP contribution in [0.2, 0.25) is 24.7 Å². The lowest BCUT2D eigenvalue weighted by atomic mass is 10.1. The maximum atomic E-state index is 10.2. The molecule has 7 unspecified atom stereocenters. The largest absolute Gasteiger partial charge is 0.502 e. The first-order valence-corrected chi connectivity index (χ1v) is 43.1. The molecule has 16 nitrogen and oxygen atoms in total. The average Bonchev–Trinajstić information content (AvgIpc) is 3.95. The van der Waals surface area contributed by atoms with Crippen molar-refractivity contribution in [1.82, 2.24) is 0 Å². The zero-order chi connectivity index (χ0) is 56.6. The number of aliphatic hydroxyl groups is 2. The zero-order valence-corrected chi connectivity index (χ0v) is 58.1. The molecule has 0 aromatic rings. The van der Waals surface area contributed by atoms with Crippen molar-refractivity contribution in [1.29, 1.82) is 0 Å². The minimum atomic E-state index is -2.48. The van der Waals surface area contributed by atoms with Gasteiger partial charge in [-0.25, -0.2) is 0 Å². The normalized spacial score (nSPS) is 26.7. The highest BCUT2D eigenvalue weighted by Gasteiger charge is 2.61. The molecule has 0 aromatic carbocycles. The van der Waals surface area contributed by atoms with Gasteiger partial charge in [-0.05, 0) is 131 Å². The van der Waals surface area contributed by atoms with E-state index in [9.17, 15) is 10.2 Å². The second kappa shape index (κ2) is 46.9. The first-order chi connectivity index (χ1) is 37.8. The first kappa shape index (κ1) is 75.1. The van der Waals surface area contributed by atoms with Crippen molar-refractivity contribution < 1.29 is 74.0 Å². The minimum absolute atomic E-state index is 0.0796. The molecule has 0 aromatic heterocycles. The number of fused-ring (bicyclic) bond motifs is 4. The van der Waals surface area contributed by atoms with Crippen molar-refractivity contribution >= 4 is 122 Å². The van der Waals surface area contributed by atoms with E-state index in [1.54, 1.807) is 37.7 Å². The Morgan fingerprint density at radius 3 is 1.22 bits per heavy atom. The third-order valence-corrected chi connectivity index (χ3v) is 29.0. The standard InChI is InChI=1S/C32H62O11S4Si2.C10H22OS4.C9H20O4Si/c1-25-31-26(2)39-48(38-25,42-31)19-5-9-36-21-29(33)23-46-15-7-13-44-17-11-35-12-18-45-14-8-16-47-24-30(34)22-37-10-6-20-49-40-27(3)32(43-49)28(4)41-49;12-5-1-7-14-9-3-11-4-10-15-8-2-6-13;1-10-14(3,11-2)6-4-5-12-7-9-8-13-9/h25-34H,5-24H2,1-4H3;12-13H,1-10H2;9H,4-8H2,1-3H3. The number of aliphatic hydroxyl groups excluding tert-OH is 2. The molecule has 0 saturated carbocycles. The van der Waals surface area contributed by atoms with Gasteiger partial charge >= 0.3 is 26.2 Å². The van der Waals surface area contributed by atoms with Crippen LogP contribution in [0, 0.1) is 0 Å². The van der Waals surface area contributed by atoms with Gasteiger partial charge < -0.3 is 74.0 Å². The van der Waals surface area contributed by atoms with Gasteiger partial charge in [-0.15, -0.1) is 0 Å². The summed E-state index contributed by atoms with van der Waals surface area (Å²) in [6.45, 7) is 18.0. The molecule has 7 atom stereocenters. The van der Waals surface area contributed by atoms with Gasteiger partial charge in [0.05, 0.1) is 102 Å². The van der Waals surface area contributed by atoms with Gasteiger partial charge in [-0.2, -0.15) is 95.8 Å². The van der Waals surface area contributed by atoms with Crippen LogP contribution in [0.5, 0.6) is 0 Å². The molecule has 0 spiro atoms. The smallest absolute Gasteiger partial charge is 0.398 e. The van der Waals surface area contributed by atoms with Crippen LogP contribution >= 0.6 is 95.8 Å². The van der Waals surface area contributed by atoms with Gasteiger partial charge in [0.15, 0.2) is 0 Å². The summed E-state index contributed by atoms with van der Waals surface area (Å²) in [5.41, 5.74) is 0. The Morgan fingerprint density at radius 2 is 0.859 bits per heavy atom. The third kappa shape index (κ3) is 35.0. The summed E-state index contributed by atoms with van der Waals surface area (Å²) >= 11 is 19.7. The van der Waals surface area contributed by atoms with Crippen LogP contribution in [0.25, 0.3) is 0 Å². The van der Waals surface area contributed by atoms with Crippen molar-refractivity contribution in [3.8, 4) is 0 Å². The summed E-state index contributed by atoms with van der Waals surface area (Å²) in [7, 11) is -3.39. The molecule has 5 aliphatic rings. The molecule has 4 bridgehead atoms. The van der Waals surface area contributed by atoms with Crippen LogP contribution in [0.1, 0.15) is 72.6 Å². The molecule has 0 aliphatic carbocycles. The monoisotopic (exact) mass is 1310 g/mol. The predicted octanol–water partition coefficient (Wildman–Crippen LogP) is 8.84. The molecule has 5 fully saturated rings. The predicted molar refractivity (Wildman–Crippen MR) is 343 cm³/mol. The van der Waals surface area contributed by atoms with Crippen LogP contribution in [-0.2, 0) is 63.8 Å². The van der Waals surface area contributed by atoms with Crippen molar-refractivity contribution in [2.24, 2.45) is 0 Å². The van der Waals surface area contributed by atoms with Gasteiger partial charge in [0.2, 0.25) is 0 Å². The van der Waals surface area contributed by atoms with Crippen molar-refractivity contribution in [3.05, 3.63) is 0 Å². The van der Waals surface area contributed by atoms with E-state index < -0.39 is 38.4 Å². The van der Waals surface area contributed by atoms with Crippen LogP contribution in [0.15, 0.2) is 0 Å². The Bertz CT molecular complexity index is 1320. The number of rotatable bonds is 50. The van der Waals surface area contributed by atoms with Gasteiger partial charge in [0, 0.05) is 80.6 Å². The molecular weight excluding hydrogens is 1210 g/mol. The van der Waals surface area contributed by atoms with Crippen LogP contribution < -0.4 is 0 Å². The van der Waals surface area contributed by atoms with E-state index in [1.165, 1.54) is 24.3 Å². The summed E-state index contributed by atoms with van der Waals surface area (Å²) in [5, 5.41) is 20.4. The molecule has 5 saturated heterocycles. The lowest BCUT2D eigenvalue weighted by Crippen LogP contribution is -2.44. The van der Waals surface area contributed by atoms with Crippen LogP contribution in [0.4, 0.5) is 0 Å². The molecule has 0 radical (unpaired) electrons. The highest BCUT2D eigenvalue weighted by molar-refractivity contribution is 8.00. The first-order valence-electron chi connectivity index (χ1n) is 28.5. The van der Waals surface area contributed by atoms with Crippen molar-refractivity contribution in [2.75, 3.05) is 167 Å². The molecule has 78 heavy (non-hydrogen) atoms. The quantitative estimate of drug-likeness (QED) is 0.0197. The summed E-state index contributed by atoms with van der Waals surface area (Å²) in [4.78, 5) is 0. The Kier molecular flexibility index (Phi) is 45.1. The van der Waals surface area contributed by atoms with Gasteiger partial charge in [-0.3, -0.25) is 0 Å². The second-order valence-corrected chi connectivity index (χ2v) is 36.7. The van der Waals surface area contributed by atoms with E-state index in [-0.39, 0.29) is 36.6 Å². The molecular formula is C51H104O16S8Si3. The topological polar surface area (TPSA) is 173 Å². The molecule has 5 aliphatic heterocycles. The summed E-state index contributed by atoms with van der Waals surface area (Å²) in [6.07, 6.45) is 7.48. The van der Waals surface area contributed by atoms with Crippen LogP contribution in [0.3, 0.4) is 0 Å². The van der Waals surface area contributed by atoms with Gasteiger partial charge in [-0.1, -0.05) is 0 Å². The maximum Gasteiger partial charge on any atom is 0.502 e. The fourth-order valence-corrected chi connectivity index (χ4v) is 22.3. The molecule has 464 valence electrons. The zero-order valence-electron chi connectivity index (χ0n) is 48.4. The van der Waals surface area contributed by atoms with Gasteiger partial charge in [0.25, 0.3) is 0 Å². The molecule has 5 heterocycles. The van der Waals surface area contributed by atoms with Gasteiger partial charge in [0.1, 0.15) is 6.10 Å². The van der Waals surface area contributed by atoms with Crippen molar-refractivity contribution in [3.63, 3.8) is 0 Å². The SMILES string of the molecule is CC1O[Si]2(CCCOCC(O)CSCCCSCCOCCSCCCSCC(O)COCCC[Si]34OC(C)C(O3)C(C)O4)OC(C)C1O2.CO[Si](C)(CCCOCC1CO1)OC.SCCCSCCOCCSCCCS. The Balaban J connectivity index is 0.000000447. The van der Waals surface area contributed by atoms with E-state index in [2.05, 4.69) is 59.5 Å². The van der Waals surface area contributed by atoms with E-state index in [0.717, 1.165) is 154 Å². The summed E-state index contributed by atoms with van der Waals surface area (Å²) in [6, 6.07) is 2.54. The molecule has 5 rings (SSSR count). The number of thioether (sulfide) groups is 6. The van der Waals surface area contributed by atoms with Crippen molar-refractivity contribution in [2.45, 2.75) is 152 Å². The fraction of sp³-hybridized carbons (Fsp3) is 1.00. The average molecular weight is 1310 g/mol. The Labute approximate surface area is 511 Å². The van der Waals surface area contributed by atoms with E-state index in [1.807, 2.05) is 47.0 Å². The van der Waals surface area contributed by atoms with E-state index in [0.29, 0.717) is 44.0 Å². The Hall–Kier alpha value is 2.81. The molecule has 27 heteroatoms.